The molecule has 152 valence electrons. The van der Waals surface area contributed by atoms with Crippen molar-refractivity contribution in [2.45, 2.75) is 13.3 Å². The molecule has 1 fully saturated rings. The second kappa shape index (κ2) is 9.94. The van der Waals surface area contributed by atoms with E-state index in [9.17, 15) is 4.79 Å². The van der Waals surface area contributed by atoms with Gasteiger partial charge in [0.1, 0.15) is 5.75 Å². The van der Waals surface area contributed by atoms with Crippen LogP contribution in [0.5, 0.6) is 5.75 Å². The van der Waals surface area contributed by atoms with E-state index in [1.807, 2.05) is 43.3 Å². The number of ether oxygens (including phenoxy) is 1. The second-order valence-electron chi connectivity index (χ2n) is 7.25. The third-order valence-electron chi connectivity index (χ3n) is 5.26. The van der Waals surface area contributed by atoms with E-state index in [2.05, 4.69) is 28.0 Å². The van der Waals surface area contributed by atoms with Crippen molar-refractivity contribution >= 4 is 17.3 Å². The first-order valence-electron chi connectivity index (χ1n) is 9.96. The largest absolute Gasteiger partial charge is 0.497 e. The van der Waals surface area contributed by atoms with Gasteiger partial charge in [0.05, 0.1) is 26.1 Å². The van der Waals surface area contributed by atoms with E-state index in [0.29, 0.717) is 19.5 Å². The lowest BCUT2D eigenvalue weighted by atomic mass is 10.2. The molecule has 3 rings (SSSR count). The van der Waals surface area contributed by atoms with Gasteiger partial charge in [-0.15, -0.1) is 0 Å². The number of nitriles is 1. The zero-order chi connectivity index (χ0) is 20.6. The molecule has 1 amide bonds. The average molecular weight is 393 g/mol. The summed E-state index contributed by atoms with van der Waals surface area (Å²) in [6.07, 6.45) is 0.324. The molecular formula is C23H28N4O2. The Bertz CT molecular complexity index is 835. The van der Waals surface area contributed by atoms with Crippen molar-refractivity contribution in [1.29, 1.82) is 5.26 Å². The van der Waals surface area contributed by atoms with E-state index in [1.54, 1.807) is 12.0 Å². The van der Waals surface area contributed by atoms with E-state index >= 15 is 0 Å². The molecule has 1 saturated heterocycles. The summed E-state index contributed by atoms with van der Waals surface area (Å²) in [4.78, 5) is 19.2. The maximum absolute atomic E-state index is 13.0. The quantitative estimate of drug-likeness (QED) is 0.725. The highest BCUT2D eigenvalue weighted by Gasteiger charge is 2.22. The number of nitrogens with zero attached hydrogens (tertiary/aromatic N) is 4. The highest BCUT2D eigenvalue weighted by molar-refractivity contribution is 5.94. The van der Waals surface area contributed by atoms with Crippen molar-refractivity contribution in [1.82, 2.24) is 4.90 Å². The van der Waals surface area contributed by atoms with Gasteiger partial charge in [0.15, 0.2) is 0 Å². The minimum absolute atomic E-state index is 0.0435. The SMILES string of the molecule is COc1ccc(N2CCN(CC(=O)N(CCC#N)c3ccc(C)cc3)CC2)cc1. The number of aryl methyl sites for hydroxylation is 1. The molecule has 0 atom stereocenters. The van der Waals surface area contributed by atoms with Gasteiger partial charge in [-0.05, 0) is 43.3 Å². The van der Waals surface area contributed by atoms with Crippen LogP contribution < -0.4 is 14.5 Å². The Balaban J connectivity index is 1.57. The topological polar surface area (TPSA) is 59.8 Å². The number of hydrogen-bond acceptors (Lipinski definition) is 5. The Morgan fingerprint density at radius 2 is 1.72 bits per heavy atom. The monoisotopic (exact) mass is 392 g/mol. The molecule has 0 spiro atoms. The fourth-order valence-electron chi connectivity index (χ4n) is 3.52. The molecule has 1 aliphatic rings. The highest BCUT2D eigenvalue weighted by atomic mass is 16.5. The number of carbonyl (C=O) groups excluding carboxylic acids is 1. The van der Waals surface area contributed by atoms with Gasteiger partial charge < -0.3 is 14.5 Å². The fraction of sp³-hybridized carbons (Fsp3) is 0.391. The van der Waals surface area contributed by atoms with Gasteiger partial charge in [0, 0.05) is 44.1 Å². The van der Waals surface area contributed by atoms with Gasteiger partial charge in [-0.3, -0.25) is 9.69 Å². The Kier molecular flexibility index (Phi) is 7.09. The smallest absolute Gasteiger partial charge is 0.241 e. The van der Waals surface area contributed by atoms with Gasteiger partial charge in [0.2, 0.25) is 5.91 Å². The number of rotatable bonds is 7. The van der Waals surface area contributed by atoms with Crippen LogP contribution >= 0.6 is 0 Å². The van der Waals surface area contributed by atoms with Gasteiger partial charge in [0.25, 0.3) is 0 Å². The Morgan fingerprint density at radius 3 is 2.31 bits per heavy atom. The van der Waals surface area contributed by atoms with Gasteiger partial charge in [-0.1, -0.05) is 17.7 Å². The molecule has 1 aliphatic heterocycles. The minimum Gasteiger partial charge on any atom is -0.497 e. The van der Waals surface area contributed by atoms with Gasteiger partial charge >= 0.3 is 0 Å². The maximum Gasteiger partial charge on any atom is 0.241 e. The van der Waals surface area contributed by atoms with E-state index in [1.165, 1.54) is 5.69 Å². The molecule has 0 N–H and O–H groups in total. The first-order valence-corrected chi connectivity index (χ1v) is 9.96. The number of methoxy groups -OCH3 is 1. The van der Waals surface area contributed by atoms with Crippen LogP contribution in [0.25, 0.3) is 0 Å². The van der Waals surface area contributed by atoms with Crippen LogP contribution in [-0.4, -0.2) is 57.2 Å². The molecule has 0 unspecified atom stereocenters. The molecule has 2 aromatic carbocycles. The minimum atomic E-state index is 0.0435. The van der Waals surface area contributed by atoms with E-state index < -0.39 is 0 Å². The van der Waals surface area contributed by atoms with Crippen molar-refractivity contribution in [2.75, 3.05) is 56.2 Å². The van der Waals surface area contributed by atoms with Crippen LogP contribution in [0, 0.1) is 18.3 Å². The second-order valence-corrected chi connectivity index (χ2v) is 7.25. The van der Waals surface area contributed by atoms with Crippen LogP contribution in [0.3, 0.4) is 0 Å². The van der Waals surface area contributed by atoms with Crippen LogP contribution in [0.15, 0.2) is 48.5 Å². The van der Waals surface area contributed by atoms with Crippen molar-refractivity contribution in [3.63, 3.8) is 0 Å². The lowest BCUT2D eigenvalue weighted by Crippen LogP contribution is -2.50. The summed E-state index contributed by atoms with van der Waals surface area (Å²) in [7, 11) is 1.67. The average Bonchev–Trinajstić information content (AvgIpc) is 2.76. The summed E-state index contributed by atoms with van der Waals surface area (Å²) in [5.41, 5.74) is 3.18. The van der Waals surface area contributed by atoms with E-state index in [4.69, 9.17) is 10.00 Å². The van der Waals surface area contributed by atoms with Gasteiger partial charge in [-0.25, -0.2) is 0 Å². The van der Waals surface area contributed by atoms with Crippen LogP contribution in [0.2, 0.25) is 0 Å². The van der Waals surface area contributed by atoms with E-state index in [0.717, 1.165) is 43.2 Å². The maximum atomic E-state index is 13.0. The number of piperazine rings is 1. The standard InChI is InChI=1S/C23H28N4O2/c1-19-4-6-21(7-5-19)27(13-3-12-24)23(28)18-25-14-16-26(17-15-25)20-8-10-22(29-2)11-9-20/h4-11H,3,13-18H2,1-2H3. The third kappa shape index (κ3) is 5.49. The summed E-state index contributed by atoms with van der Waals surface area (Å²) in [5, 5.41) is 8.97. The molecule has 0 aliphatic carbocycles. The predicted molar refractivity (Wildman–Crippen MR) is 115 cm³/mol. The molecule has 29 heavy (non-hydrogen) atoms. The fourth-order valence-corrected chi connectivity index (χ4v) is 3.52. The number of benzene rings is 2. The zero-order valence-corrected chi connectivity index (χ0v) is 17.2. The molecule has 6 nitrogen and oxygen atoms in total. The predicted octanol–water partition coefficient (Wildman–Crippen LogP) is 3.07. The van der Waals surface area contributed by atoms with Crippen molar-refractivity contribution in [2.24, 2.45) is 0 Å². The van der Waals surface area contributed by atoms with Crippen LogP contribution in [0.1, 0.15) is 12.0 Å². The van der Waals surface area contributed by atoms with Crippen molar-refractivity contribution in [3.05, 3.63) is 54.1 Å². The molecule has 2 aromatic rings. The van der Waals surface area contributed by atoms with Crippen molar-refractivity contribution < 1.29 is 9.53 Å². The first-order chi connectivity index (χ1) is 14.1. The highest BCUT2D eigenvalue weighted by Crippen LogP contribution is 2.21. The Morgan fingerprint density at radius 1 is 1.07 bits per heavy atom. The molecule has 0 bridgehead atoms. The Hall–Kier alpha value is -3.04. The molecule has 6 heteroatoms. The van der Waals surface area contributed by atoms with Crippen LogP contribution in [-0.2, 0) is 4.79 Å². The molecule has 1 heterocycles. The van der Waals surface area contributed by atoms with E-state index in [-0.39, 0.29) is 5.91 Å². The molecule has 0 aromatic heterocycles. The first kappa shape index (κ1) is 20.7. The lowest BCUT2D eigenvalue weighted by Gasteiger charge is -2.36. The van der Waals surface area contributed by atoms with Crippen LogP contribution in [0.4, 0.5) is 11.4 Å². The van der Waals surface area contributed by atoms with Gasteiger partial charge in [-0.2, -0.15) is 5.26 Å². The molecule has 0 radical (unpaired) electrons. The Labute approximate surface area is 172 Å². The molecule has 0 saturated carbocycles. The number of hydrogen-bond donors (Lipinski definition) is 0. The summed E-state index contributed by atoms with van der Waals surface area (Å²) >= 11 is 0. The number of anilines is 2. The summed E-state index contributed by atoms with van der Waals surface area (Å²) < 4.78 is 5.22. The summed E-state index contributed by atoms with van der Waals surface area (Å²) in [6, 6.07) is 18.1. The zero-order valence-electron chi connectivity index (χ0n) is 17.2. The number of carbonyl (C=O) groups is 1. The lowest BCUT2D eigenvalue weighted by molar-refractivity contribution is -0.119. The normalized spacial score (nSPS) is 14.3. The van der Waals surface area contributed by atoms with Crippen molar-refractivity contribution in [3.8, 4) is 11.8 Å². The molecular weight excluding hydrogens is 364 g/mol. The summed E-state index contributed by atoms with van der Waals surface area (Å²) in [6.45, 7) is 6.23. The third-order valence-corrected chi connectivity index (χ3v) is 5.26. The number of amides is 1. The summed E-state index contributed by atoms with van der Waals surface area (Å²) in [5.74, 6) is 0.897.